The normalized spacial score (nSPS) is 15.5. The van der Waals surface area contributed by atoms with Gasteiger partial charge in [0.15, 0.2) is 0 Å². The molecule has 5 heteroatoms. The van der Waals surface area contributed by atoms with Crippen molar-refractivity contribution in [2.24, 2.45) is 0 Å². The SMILES string of the molecule is CCCC(O)CS(=O)(=O)NC(C)(C)C. The van der Waals surface area contributed by atoms with E-state index in [1.807, 2.05) is 6.92 Å². The Morgan fingerprint density at radius 3 is 2.21 bits per heavy atom. The summed E-state index contributed by atoms with van der Waals surface area (Å²) in [6.07, 6.45) is 0.539. The Morgan fingerprint density at radius 1 is 1.36 bits per heavy atom. The van der Waals surface area contributed by atoms with Crippen molar-refractivity contribution in [3.63, 3.8) is 0 Å². The maximum atomic E-state index is 11.5. The Bertz CT molecular complexity index is 254. The van der Waals surface area contributed by atoms with Crippen LogP contribution in [0.15, 0.2) is 0 Å². The van der Waals surface area contributed by atoms with E-state index >= 15 is 0 Å². The summed E-state index contributed by atoms with van der Waals surface area (Å²) in [6, 6.07) is 0. The summed E-state index contributed by atoms with van der Waals surface area (Å²) in [7, 11) is -3.36. The zero-order chi connectivity index (χ0) is 11.4. The van der Waals surface area contributed by atoms with E-state index in [0.29, 0.717) is 6.42 Å². The summed E-state index contributed by atoms with van der Waals surface area (Å²) in [5, 5.41) is 9.36. The molecule has 0 amide bonds. The lowest BCUT2D eigenvalue weighted by Crippen LogP contribution is -2.43. The largest absolute Gasteiger partial charge is 0.392 e. The predicted molar refractivity (Wildman–Crippen MR) is 57.6 cm³/mol. The Balaban J connectivity index is 4.22. The van der Waals surface area contributed by atoms with Gasteiger partial charge in [0, 0.05) is 5.54 Å². The number of rotatable bonds is 5. The van der Waals surface area contributed by atoms with Gasteiger partial charge in [-0.05, 0) is 27.2 Å². The monoisotopic (exact) mass is 223 g/mol. The van der Waals surface area contributed by atoms with E-state index in [2.05, 4.69) is 4.72 Å². The van der Waals surface area contributed by atoms with Gasteiger partial charge in [0.1, 0.15) is 0 Å². The zero-order valence-corrected chi connectivity index (χ0v) is 10.2. The highest BCUT2D eigenvalue weighted by molar-refractivity contribution is 7.89. The number of nitrogens with one attached hydrogen (secondary N) is 1. The lowest BCUT2D eigenvalue weighted by molar-refractivity contribution is 0.185. The fourth-order valence-corrected chi connectivity index (χ4v) is 2.87. The van der Waals surface area contributed by atoms with Gasteiger partial charge in [0.25, 0.3) is 0 Å². The van der Waals surface area contributed by atoms with Gasteiger partial charge < -0.3 is 5.11 Å². The minimum Gasteiger partial charge on any atom is -0.392 e. The van der Waals surface area contributed by atoms with E-state index in [-0.39, 0.29) is 5.75 Å². The minimum atomic E-state index is -3.36. The summed E-state index contributed by atoms with van der Waals surface area (Å²) in [5.41, 5.74) is -0.481. The highest BCUT2D eigenvalue weighted by atomic mass is 32.2. The average molecular weight is 223 g/mol. The lowest BCUT2D eigenvalue weighted by atomic mass is 10.1. The quantitative estimate of drug-likeness (QED) is 0.726. The van der Waals surface area contributed by atoms with Crippen LogP contribution in [0.25, 0.3) is 0 Å². The molecule has 0 aliphatic rings. The molecule has 0 aromatic rings. The van der Waals surface area contributed by atoms with Crippen molar-refractivity contribution < 1.29 is 13.5 Å². The van der Waals surface area contributed by atoms with E-state index in [1.165, 1.54) is 0 Å². The lowest BCUT2D eigenvalue weighted by Gasteiger charge is -2.21. The third kappa shape index (κ3) is 7.29. The molecule has 0 aromatic carbocycles. The molecule has 0 fully saturated rings. The molecule has 0 aliphatic heterocycles. The van der Waals surface area contributed by atoms with E-state index in [0.717, 1.165) is 6.42 Å². The topological polar surface area (TPSA) is 66.4 Å². The molecule has 0 rings (SSSR count). The molecular formula is C9H21NO3S. The molecule has 1 atom stereocenters. The fourth-order valence-electron chi connectivity index (χ4n) is 1.18. The summed E-state index contributed by atoms with van der Waals surface area (Å²) in [4.78, 5) is 0. The molecule has 1 unspecified atom stereocenters. The number of aliphatic hydroxyl groups is 1. The standard InChI is InChI=1S/C9H21NO3S/c1-5-6-8(11)7-14(12,13)10-9(2,3)4/h8,10-11H,5-7H2,1-4H3. The Morgan fingerprint density at radius 2 is 1.86 bits per heavy atom. The van der Waals surface area contributed by atoms with Gasteiger partial charge in [0.2, 0.25) is 10.0 Å². The molecule has 0 aromatic heterocycles. The Hall–Kier alpha value is -0.130. The molecule has 86 valence electrons. The van der Waals surface area contributed by atoms with Crippen LogP contribution in [-0.2, 0) is 10.0 Å². The minimum absolute atomic E-state index is 0.210. The molecule has 0 bridgehead atoms. The Labute approximate surface area is 86.8 Å². The highest BCUT2D eigenvalue weighted by Gasteiger charge is 2.22. The maximum absolute atomic E-state index is 11.5. The van der Waals surface area contributed by atoms with Crippen LogP contribution in [0.4, 0.5) is 0 Å². The molecule has 2 N–H and O–H groups in total. The van der Waals surface area contributed by atoms with Crippen molar-refractivity contribution >= 4 is 10.0 Å². The highest BCUT2D eigenvalue weighted by Crippen LogP contribution is 2.05. The first-order valence-electron chi connectivity index (χ1n) is 4.86. The molecule has 0 saturated carbocycles. The summed E-state index contributed by atoms with van der Waals surface area (Å²) in [5.74, 6) is -0.210. The average Bonchev–Trinajstić information content (AvgIpc) is 1.78. The van der Waals surface area contributed by atoms with Crippen molar-refractivity contribution in [3.05, 3.63) is 0 Å². The molecule has 0 aliphatic carbocycles. The van der Waals surface area contributed by atoms with Crippen LogP contribution in [0, 0.1) is 0 Å². The first-order valence-corrected chi connectivity index (χ1v) is 6.51. The van der Waals surface area contributed by atoms with Crippen LogP contribution in [0.2, 0.25) is 0 Å². The van der Waals surface area contributed by atoms with Gasteiger partial charge in [0.05, 0.1) is 11.9 Å². The maximum Gasteiger partial charge on any atom is 0.214 e. The Kier molecular flexibility index (Phi) is 5.05. The molecule has 0 saturated heterocycles. The molecule has 0 spiro atoms. The number of aliphatic hydroxyl groups excluding tert-OH is 1. The van der Waals surface area contributed by atoms with Crippen LogP contribution in [0.3, 0.4) is 0 Å². The summed E-state index contributed by atoms with van der Waals surface area (Å²) < 4.78 is 25.4. The van der Waals surface area contributed by atoms with Crippen LogP contribution in [0.1, 0.15) is 40.5 Å². The molecule has 4 nitrogen and oxygen atoms in total. The van der Waals surface area contributed by atoms with Crippen LogP contribution < -0.4 is 4.72 Å². The third-order valence-electron chi connectivity index (χ3n) is 1.50. The van der Waals surface area contributed by atoms with Crippen LogP contribution in [-0.4, -0.2) is 30.9 Å². The van der Waals surface area contributed by atoms with E-state index < -0.39 is 21.7 Å². The third-order valence-corrected chi connectivity index (χ3v) is 3.24. The van der Waals surface area contributed by atoms with Gasteiger partial charge >= 0.3 is 0 Å². The van der Waals surface area contributed by atoms with Crippen molar-refractivity contribution in [1.29, 1.82) is 0 Å². The first-order chi connectivity index (χ1) is 6.16. The zero-order valence-electron chi connectivity index (χ0n) is 9.37. The fraction of sp³-hybridized carbons (Fsp3) is 1.00. The molecule has 14 heavy (non-hydrogen) atoms. The first kappa shape index (κ1) is 13.9. The van der Waals surface area contributed by atoms with Gasteiger partial charge in [-0.2, -0.15) is 0 Å². The predicted octanol–water partition coefficient (Wildman–Crippen LogP) is 0.865. The van der Waals surface area contributed by atoms with Gasteiger partial charge in [-0.3, -0.25) is 0 Å². The molecule has 0 radical (unpaired) electrons. The molecule has 0 heterocycles. The van der Waals surface area contributed by atoms with E-state index in [4.69, 9.17) is 0 Å². The second kappa shape index (κ2) is 5.09. The van der Waals surface area contributed by atoms with E-state index in [1.54, 1.807) is 20.8 Å². The number of sulfonamides is 1. The van der Waals surface area contributed by atoms with Crippen molar-refractivity contribution in [2.45, 2.75) is 52.2 Å². The van der Waals surface area contributed by atoms with Gasteiger partial charge in [-0.1, -0.05) is 13.3 Å². The van der Waals surface area contributed by atoms with Crippen molar-refractivity contribution in [3.8, 4) is 0 Å². The van der Waals surface area contributed by atoms with Gasteiger partial charge in [-0.25, -0.2) is 13.1 Å². The number of hydrogen-bond donors (Lipinski definition) is 2. The summed E-state index contributed by atoms with van der Waals surface area (Å²) >= 11 is 0. The smallest absolute Gasteiger partial charge is 0.214 e. The summed E-state index contributed by atoms with van der Waals surface area (Å²) in [6.45, 7) is 7.23. The van der Waals surface area contributed by atoms with Crippen molar-refractivity contribution in [1.82, 2.24) is 4.72 Å². The second-order valence-corrected chi connectivity index (χ2v) is 6.34. The van der Waals surface area contributed by atoms with Crippen LogP contribution >= 0.6 is 0 Å². The van der Waals surface area contributed by atoms with Gasteiger partial charge in [-0.15, -0.1) is 0 Å². The van der Waals surface area contributed by atoms with E-state index in [9.17, 15) is 13.5 Å². The molecular weight excluding hydrogens is 202 g/mol. The van der Waals surface area contributed by atoms with Crippen LogP contribution in [0.5, 0.6) is 0 Å². The second-order valence-electron chi connectivity index (χ2n) is 4.58. The van der Waals surface area contributed by atoms with Crippen molar-refractivity contribution in [2.75, 3.05) is 5.75 Å². The number of hydrogen-bond acceptors (Lipinski definition) is 3.